The van der Waals surface area contributed by atoms with E-state index in [0.717, 1.165) is 12.6 Å². The zero-order valence-corrected chi connectivity index (χ0v) is 14.7. The molecule has 0 aliphatic carbocycles. The largest absolute Gasteiger partial charge is 0.395 e. The van der Waals surface area contributed by atoms with Crippen molar-refractivity contribution in [1.29, 1.82) is 0 Å². The smallest absolute Gasteiger partial charge is 0.156 e. The Hall–Kier alpha value is -0.903. The lowest BCUT2D eigenvalue weighted by atomic mass is 9.99. The van der Waals surface area contributed by atoms with Gasteiger partial charge in [-0.05, 0) is 30.0 Å². The first-order valence-corrected chi connectivity index (χ1v) is 10.2. The zero-order chi connectivity index (χ0) is 15.7. The number of hydrogen-bond donors (Lipinski definition) is 0. The summed E-state index contributed by atoms with van der Waals surface area (Å²) in [5.41, 5.74) is 0.527. The van der Waals surface area contributed by atoms with E-state index >= 15 is 0 Å². The van der Waals surface area contributed by atoms with Crippen molar-refractivity contribution in [3.05, 3.63) is 29.8 Å². The third-order valence-corrected chi connectivity index (χ3v) is 10.8. The van der Waals surface area contributed by atoms with Crippen molar-refractivity contribution in [2.24, 2.45) is 5.92 Å². The molecule has 1 rings (SSSR count). The van der Waals surface area contributed by atoms with Crippen LogP contribution in [-0.4, -0.2) is 14.8 Å². The van der Waals surface area contributed by atoms with Gasteiger partial charge in [0.2, 0.25) is 0 Å². The molecular weight excluding hydrogens is 272 g/mol. The Morgan fingerprint density at radius 2 is 1.75 bits per heavy atom. The van der Waals surface area contributed by atoms with E-state index < -0.39 is 19.9 Å². The van der Waals surface area contributed by atoms with Gasteiger partial charge in [0.25, 0.3) is 0 Å². The van der Waals surface area contributed by atoms with Gasteiger partial charge in [0.05, 0.1) is 5.69 Å². The van der Waals surface area contributed by atoms with Gasteiger partial charge in [0, 0.05) is 12.6 Å². The molecule has 0 bridgehead atoms. The Balaban J connectivity index is 3.31. The van der Waals surface area contributed by atoms with Gasteiger partial charge in [-0.3, -0.25) is 0 Å². The summed E-state index contributed by atoms with van der Waals surface area (Å²) in [5, 5.41) is 0.115. The van der Waals surface area contributed by atoms with E-state index in [1.54, 1.807) is 6.07 Å². The molecule has 1 aromatic rings. The molecule has 0 heterocycles. The molecule has 0 unspecified atom stereocenters. The van der Waals surface area contributed by atoms with E-state index in [4.69, 9.17) is 0 Å². The van der Waals surface area contributed by atoms with Crippen LogP contribution in [0, 0.1) is 17.6 Å². The quantitative estimate of drug-likeness (QED) is 0.655. The van der Waals surface area contributed by atoms with Crippen LogP contribution in [-0.2, 0) is 0 Å². The van der Waals surface area contributed by atoms with Gasteiger partial charge in [0.1, 0.15) is 11.6 Å². The molecule has 0 saturated heterocycles. The fraction of sp³-hybridized carbons (Fsp3) is 0.625. The predicted octanol–water partition coefficient (Wildman–Crippen LogP) is 5.43. The average Bonchev–Trinajstić information content (AvgIpc) is 2.32. The maximum Gasteiger partial charge on any atom is 0.156 e. The Bertz CT molecular complexity index is 470. The first kappa shape index (κ1) is 17.1. The topological polar surface area (TPSA) is 3.24 Å². The van der Waals surface area contributed by atoms with Crippen LogP contribution < -0.4 is 4.57 Å². The summed E-state index contributed by atoms with van der Waals surface area (Å²) >= 11 is 0. The normalized spacial score (nSPS) is 12.9. The first-order valence-electron chi connectivity index (χ1n) is 7.28. The second-order valence-corrected chi connectivity index (χ2v) is 11.7. The Labute approximate surface area is 123 Å². The van der Waals surface area contributed by atoms with Crippen molar-refractivity contribution < 1.29 is 8.78 Å². The number of benzene rings is 1. The van der Waals surface area contributed by atoms with Crippen LogP contribution in [0.1, 0.15) is 34.6 Å². The summed E-state index contributed by atoms with van der Waals surface area (Å²) in [6.07, 6.45) is 0. The summed E-state index contributed by atoms with van der Waals surface area (Å²) in [6.45, 7) is 16.2. The Morgan fingerprint density at radius 1 is 1.20 bits per heavy atom. The summed E-state index contributed by atoms with van der Waals surface area (Å²) in [7, 11) is -1.94. The van der Waals surface area contributed by atoms with E-state index in [0.29, 0.717) is 11.6 Å². The minimum atomic E-state index is -1.94. The van der Waals surface area contributed by atoms with Gasteiger partial charge in [-0.1, -0.05) is 40.8 Å². The van der Waals surface area contributed by atoms with Gasteiger partial charge < -0.3 is 4.57 Å². The van der Waals surface area contributed by atoms with Crippen LogP contribution in [0.25, 0.3) is 0 Å². The van der Waals surface area contributed by atoms with Gasteiger partial charge in [-0.2, -0.15) is 0 Å². The van der Waals surface area contributed by atoms with Gasteiger partial charge >= 0.3 is 0 Å². The standard InChI is InChI=1S/C16H27F2NSi/c1-8-19(15-10-9-13(17)11-14(15)18)20(6,7)16(4,5)12(2)3/h9-12H,8H2,1-7H3. The van der Waals surface area contributed by atoms with Crippen LogP contribution in [0.4, 0.5) is 14.5 Å². The summed E-state index contributed by atoms with van der Waals surface area (Å²) < 4.78 is 29.4. The maximum atomic E-state index is 14.1. The summed E-state index contributed by atoms with van der Waals surface area (Å²) in [5.74, 6) is -0.487. The molecule has 1 aromatic carbocycles. The monoisotopic (exact) mass is 299 g/mol. The van der Waals surface area contributed by atoms with Crippen molar-refractivity contribution in [1.82, 2.24) is 0 Å². The van der Waals surface area contributed by atoms with Crippen molar-refractivity contribution in [3.8, 4) is 0 Å². The first-order chi connectivity index (χ1) is 9.05. The third kappa shape index (κ3) is 2.90. The summed E-state index contributed by atoms with van der Waals surface area (Å²) in [4.78, 5) is 0. The third-order valence-electron chi connectivity index (χ3n) is 5.21. The van der Waals surface area contributed by atoms with Crippen molar-refractivity contribution in [2.45, 2.75) is 52.8 Å². The fourth-order valence-corrected chi connectivity index (χ4v) is 6.30. The zero-order valence-electron chi connectivity index (χ0n) is 13.7. The molecule has 0 N–H and O–H groups in total. The van der Waals surface area contributed by atoms with Crippen LogP contribution >= 0.6 is 0 Å². The minimum Gasteiger partial charge on any atom is -0.395 e. The molecule has 0 saturated carbocycles. The van der Waals surface area contributed by atoms with Crippen molar-refractivity contribution in [3.63, 3.8) is 0 Å². The predicted molar refractivity (Wildman–Crippen MR) is 85.7 cm³/mol. The van der Waals surface area contributed by atoms with E-state index in [9.17, 15) is 8.78 Å². The highest BCUT2D eigenvalue weighted by Gasteiger charge is 2.46. The lowest BCUT2D eigenvalue weighted by molar-refractivity contribution is 0.454. The van der Waals surface area contributed by atoms with E-state index in [2.05, 4.69) is 45.4 Å². The summed E-state index contributed by atoms with van der Waals surface area (Å²) in [6, 6.07) is 3.89. The number of halogens is 2. The highest BCUT2D eigenvalue weighted by Crippen LogP contribution is 2.47. The molecule has 20 heavy (non-hydrogen) atoms. The lowest BCUT2D eigenvalue weighted by Crippen LogP contribution is -2.58. The second kappa shape index (κ2) is 5.84. The minimum absolute atomic E-state index is 0.115. The number of anilines is 1. The fourth-order valence-electron chi connectivity index (χ4n) is 2.62. The highest BCUT2D eigenvalue weighted by molar-refractivity contribution is 6.83. The molecule has 114 valence electrons. The molecule has 0 aliphatic heterocycles. The molecule has 4 heteroatoms. The second-order valence-electron chi connectivity index (χ2n) is 6.78. The number of hydrogen-bond acceptors (Lipinski definition) is 1. The van der Waals surface area contributed by atoms with Crippen LogP contribution in [0.5, 0.6) is 0 Å². The molecule has 0 radical (unpaired) electrons. The number of nitrogens with zero attached hydrogens (tertiary/aromatic N) is 1. The van der Waals surface area contributed by atoms with Crippen LogP contribution in [0.15, 0.2) is 18.2 Å². The molecule has 0 atom stereocenters. The van der Waals surface area contributed by atoms with Gasteiger partial charge in [-0.25, -0.2) is 8.78 Å². The van der Waals surface area contributed by atoms with E-state index in [-0.39, 0.29) is 5.04 Å². The SMILES string of the molecule is CCN(c1ccc(F)cc1F)[Si](C)(C)C(C)(C)C(C)C. The Kier molecular flexibility index (Phi) is 5.01. The Morgan fingerprint density at radius 3 is 2.15 bits per heavy atom. The molecular formula is C16H27F2NSi. The molecule has 0 aliphatic rings. The van der Waals surface area contributed by atoms with Crippen molar-refractivity contribution in [2.75, 3.05) is 11.1 Å². The highest BCUT2D eigenvalue weighted by atomic mass is 28.3. The average molecular weight is 299 g/mol. The lowest BCUT2D eigenvalue weighted by Gasteiger charge is -2.50. The van der Waals surface area contributed by atoms with Crippen LogP contribution in [0.2, 0.25) is 18.1 Å². The van der Waals surface area contributed by atoms with E-state index in [1.807, 2.05) is 6.92 Å². The molecule has 0 amide bonds. The molecule has 0 fully saturated rings. The van der Waals surface area contributed by atoms with E-state index in [1.165, 1.54) is 6.07 Å². The molecule has 1 nitrogen and oxygen atoms in total. The van der Waals surface area contributed by atoms with Crippen LogP contribution in [0.3, 0.4) is 0 Å². The van der Waals surface area contributed by atoms with Gasteiger partial charge in [0.15, 0.2) is 8.24 Å². The van der Waals surface area contributed by atoms with Crippen molar-refractivity contribution >= 4 is 13.9 Å². The molecule has 0 aromatic heterocycles. The maximum absolute atomic E-state index is 14.1. The molecule has 0 spiro atoms. The van der Waals surface area contributed by atoms with Gasteiger partial charge in [-0.15, -0.1) is 0 Å². The number of rotatable bonds is 5.